The molecular formula is C13H17N3O. The third-order valence-electron chi connectivity index (χ3n) is 2.66. The van der Waals surface area contributed by atoms with Gasteiger partial charge in [-0.15, -0.1) is 0 Å². The van der Waals surface area contributed by atoms with E-state index in [9.17, 15) is 5.11 Å². The molecule has 0 saturated heterocycles. The van der Waals surface area contributed by atoms with Gasteiger partial charge in [0.05, 0.1) is 29.4 Å². The van der Waals surface area contributed by atoms with Crippen molar-refractivity contribution in [2.45, 2.75) is 32.8 Å². The number of pyridine rings is 1. The van der Waals surface area contributed by atoms with Crippen LogP contribution in [0.2, 0.25) is 0 Å². The van der Waals surface area contributed by atoms with Crippen LogP contribution in [0.4, 0.5) is 0 Å². The fourth-order valence-corrected chi connectivity index (χ4v) is 1.57. The lowest BCUT2D eigenvalue weighted by Gasteiger charge is -2.05. The van der Waals surface area contributed by atoms with Crippen molar-refractivity contribution >= 4 is 0 Å². The first-order valence-electron chi connectivity index (χ1n) is 5.78. The number of aromatic nitrogens is 3. The van der Waals surface area contributed by atoms with E-state index in [0.29, 0.717) is 11.6 Å². The highest BCUT2D eigenvalue weighted by Gasteiger charge is 2.06. The minimum atomic E-state index is -0.534. The SMILES string of the molecule is CC(C)c1ccn(-c2ccc([C@H](C)O)nc2)n1. The van der Waals surface area contributed by atoms with E-state index in [0.717, 1.165) is 11.4 Å². The molecule has 0 fully saturated rings. The standard InChI is InChI=1S/C13H17N3O/c1-9(2)12-6-7-16(15-12)11-4-5-13(10(3)17)14-8-11/h4-10,17H,1-3H3/t10-/m0/s1. The van der Waals surface area contributed by atoms with Gasteiger partial charge >= 0.3 is 0 Å². The zero-order valence-electron chi connectivity index (χ0n) is 10.3. The van der Waals surface area contributed by atoms with Crippen LogP contribution in [0.5, 0.6) is 0 Å². The molecule has 1 N–H and O–H groups in total. The second kappa shape index (κ2) is 4.67. The largest absolute Gasteiger partial charge is 0.387 e. The molecule has 0 radical (unpaired) electrons. The molecule has 0 bridgehead atoms. The quantitative estimate of drug-likeness (QED) is 0.882. The molecule has 0 aliphatic heterocycles. The van der Waals surface area contributed by atoms with Crippen molar-refractivity contribution < 1.29 is 5.11 Å². The Bertz CT molecular complexity index is 486. The van der Waals surface area contributed by atoms with Crippen LogP contribution in [0, 0.1) is 0 Å². The summed E-state index contributed by atoms with van der Waals surface area (Å²) in [6, 6.07) is 5.73. The number of hydrogen-bond acceptors (Lipinski definition) is 3. The molecule has 0 spiro atoms. The molecule has 0 aliphatic rings. The maximum atomic E-state index is 9.38. The maximum absolute atomic E-state index is 9.38. The smallest absolute Gasteiger partial charge is 0.0931 e. The average Bonchev–Trinajstić information content (AvgIpc) is 2.78. The van der Waals surface area contributed by atoms with E-state index >= 15 is 0 Å². The summed E-state index contributed by atoms with van der Waals surface area (Å²) in [5, 5.41) is 13.8. The summed E-state index contributed by atoms with van der Waals surface area (Å²) in [7, 11) is 0. The van der Waals surface area contributed by atoms with Crippen LogP contribution >= 0.6 is 0 Å². The zero-order valence-corrected chi connectivity index (χ0v) is 10.3. The van der Waals surface area contributed by atoms with E-state index in [1.54, 1.807) is 17.8 Å². The number of hydrogen-bond donors (Lipinski definition) is 1. The van der Waals surface area contributed by atoms with Crippen LogP contribution in [-0.4, -0.2) is 19.9 Å². The Morgan fingerprint density at radius 1 is 1.12 bits per heavy atom. The number of rotatable bonds is 3. The van der Waals surface area contributed by atoms with Crippen molar-refractivity contribution in [2.24, 2.45) is 0 Å². The molecule has 2 rings (SSSR count). The summed E-state index contributed by atoms with van der Waals surface area (Å²) in [5.41, 5.74) is 2.64. The Hall–Kier alpha value is -1.68. The van der Waals surface area contributed by atoms with Gasteiger partial charge in [0.25, 0.3) is 0 Å². The topological polar surface area (TPSA) is 50.9 Å². The van der Waals surface area contributed by atoms with Crippen molar-refractivity contribution in [3.05, 3.63) is 42.0 Å². The lowest BCUT2D eigenvalue weighted by molar-refractivity contribution is 0.194. The molecule has 0 amide bonds. The third-order valence-corrected chi connectivity index (χ3v) is 2.66. The highest BCUT2D eigenvalue weighted by molar-refractivity contribution is 5.29. The van der Waals surface area contributed by atoms with Gasteiger partial charge in [0, 0.05) is 6.20 Å². The fraction of sp³-hybridized carbons (Fsp3) is 0.385. The van der Waals surface area contributed by atoms with Crippen LogP contribution in [0.1, 0.15) is 44.2 Å². The van der Waals surface area contributed by atoms with Crippen LogP contribution in [-0.2, 0) is 0 Å². The summed E-state index contributed by atoms with van der Waals surface area (Å²) < 4.78 is 1.80. The predicted molar refractivity (Wildman–Crippen MR) is 66.1 cm³/mol. The molecule has 1 atom stereocenters. The minimum absolute atomic E-state index is 0.418. The van der Waals surface area contributed by atoms with Crippen molar-refractivity contribution in [1.29, 1.82) is 0 Å². The van der Waals surface area contributed by atoms with Crippen LogP contribution < -0.4 is 0 Å². The Kier molecular flexibility index (Phi) is 3.24. The summed E-state index contributed by atoms with van der Waals surface area (Å²) in [4.78, 5) is 4.20. The molecule has 2 aromatic rings. The molecule has 0 aromatic carbocycles. The molecule has 0 unspecified atom stereocenters. The summed E-state index contributed by atoms with van der Waals surface area (Å²) in [6.45, 7) is 5.93. The Morgan fingerprint density at radius 3 is 2.35 bits per heavy atom. The lowest BCUT2D eigenvalue weighted by Crippen LogP contribution is -2.00. The third kappa shape index (κ3) is 2.53. The van der Waals surface area contributed by atoms with E-state index in [2.05, 4.69) is 23.9 Å². The van der Waals surface area contributed by atoms with Crippen molar-refractivity contribution in [2.75, 3.05) is 0 Å². The van der Waals surface area contributed by atoms with Gasteiger partial charge in [-0.2, -0.15) is 5.10 Å². The first-order chi connectivity index (χ1) is 8.08. The number of nitrogens with zero attached hydrogens (tertiary/aromatic N) is 3. The average molecular weight is 231 g/mol. The second-order valence-electron chi connectivity index (χ2n) is 4.46. The van der Waals surface area contributed by atoms with Gasteiger partial charge in [-0.1, -0.05) is 13.8 Å². The molecule has 0 saturated carbocycles. The molecule has 90 valence electrons. The highest BCUT2D eigenvalue weighted by Crippen LogP contribution is 2.15. The van der Waals surface area contributed by atoms with E-state index in [-0.39, 0.29) is 0 Å². The zero-order chi connectivity index (χ0) is 12.4. The summed E-state index contributed by atoms with van der Waals surface area (Å²) >= 11 is 0. The van der Waals surface area contributed by atoms with Gasteiger partial charge < -0.3 is 5.11 Å². The van der Waals surface area contributed by atoms with Crippen molar-refractivity contribution in [1.82, 2.24) is 14.8 Å². The molecular weight excluding hydrogens is 214 g/mol. The van der Waals surface area contributed by atoms with Gasteiger partial charge in [0.1, 0.15) is 0 Å². The van der Waals surface area contributed by atoms with Crippen LogP contribution in [0.3, 0.4) is 0 Å². The van der Waals surface area contributed by atoms with E-state index in [1.807, 2.05) is 24.4 Å². The molecule has 4 heteroatoms. The Labute approximate surface area is 101 Å². The van der Waals surface area contributed by atoms with Gasteiger partial charge in [-0.3, -0.25) is 4.98 Å². The molecule has 2 aromatic heterocycles. The highest BCUT2D eigenvalue weighted by atomic mass is 16.3. The van der Waals surface area contributed by atoms with Crippen LogP contribution in [0.25, 0.3) is 5.69 Å². The Morgan fingerprint density at radius 2 is 1.88 bits per heavy atom. The second-order valence-corrected chi connectivity index (χ2v) is 4.46. The minimum Gasteiger partial charge on any atom is -0.387 e. The summed E-state index contributed by atoms with van der Waals surface area (Å²) in [6.07, 6.45) is 3.11. The molecule has 0 aliphatic carbocycles. The normalized spacial score (nSPS) is 13.0. The molecule has 17 heavy (non-hydrogen) atoms. The van der Waals surface area contributed by atoms with Gasteiger partial charge in [-0.05, 0) is 31.0 Å². The lowest BCUT2D eigenvalue weighted by atomic mass is 10.1. The molecule has 2 heterocycles. The first kappa shape index (κ1) is 11.8. The summed E-state index contributed by atoms with van der Waals surface area (Å²) in [5.74, 6) is 0.418. The van der Waals surface area contributed by atoms with Gasteiger partial charge in [0.2, 0.25) is 0 Å². The molecule has 4 nitrogen and oxygen atoms in total. The van der Waals surface area contributed by atoms with Crippen molar-refractivity contribution in [3.63, 3.8) is 0 Å². The monoisotopic (exact) mass is 231 g/mol. The van der Waals surface area contributed by atoms with Crippen LogP contribution in [0.15, 0.2) is 30.6 Å². The number of aliphatic hydroxyl groups is 1. The van der Waals surface area contributed by atoms with Gasteiger partial charge in [-0.25, -0.2) is 4.68 Å². The maximum Gasteiger partial charge on any atom is 0.0931 e. The van der Waals surface area contributed by atoms with Gasteiger partial charge in [0.15, 0.2) is 0 Å². The predicted octanol–water partition coefficient (Wildman–Crippen LogP) is 2.44. The fourth-order valence-electron chi connectivity index (χ4n) is 1.57. The number of aliphatic hydroxyl groups excluding tert-OH is 1. The van der Waals surface area contributed by atoms with E-state index < -0.39 is 6.10 Å². The van der Waals surface area contributed by atoms with Crippen molar-refractivity contribution in [3.8, 4) is 5.69 Å². The van der Waals surface area contributed by atoms with E-state index in [1.165, 1.54) is 0 Å². The van der Waals surface area contributed by atoms with E-state index in [4.69, 9.17) is 0 Å². The Balaban J connectivity index is 2.27. The first-order valence-corrected chi connectivity index (χ1v) is 5.78.